The van der Waals surface area contributed by atoms with Crippen LogP contribution in [0.1, 0.15) is 24.4 Å². The van der Waals surface area contributed by atoms with Crippen LogP contribution in [0.2, 0.25) is 0 Å². The second-order valence-corrected chi connectivity index (χ2v) is 4.93. The lowest BCUT2D eigenvalue weighted by atomic mass is 10.2. The third kappa shape index (κ3) is 2.84. The number of fused-ring (bicyclic) bond motifs is 1. The number of aliphatic carboxylic acids is 1. The number of hydrogen-bond acceptors (Lipinski definition) is 4. The zero-order chi connectivity index (χ0) is 13.1. The fourth-order valence-corrected chi connectivity index (χ4v) is 2.68. The molecule has 1 aromatic heterocycles. The minimum absolute atomic E-state index is 0.167. The zero-order valence-electron chi connectivity index (χ0n) is 9.71. The molecule has 94 valence electrons. The summed E-state index contributed by atoms with van der Waals surface area (Å²) in [7, 11) is 0. The first-order chi connectivity index (χ1) is 8.56. The SMILES string of the molecule is CC(=O)N[C@H](CC(=O)O)c1nc2ccccc2s1. The molecule has 0 spiro atoms. The van der Waals surface area contributed by atoms with Gasteiger partial charge in [0.1, 0.15) is 5.01 Å². The Bertz CT molecular complexity index is 545. The summed E-state index contributed by atoms with van der Waals surface area (Å²) >= 11 is 1.40. The Balaban J connectivity index is 2.33. The summed E-state index contributed by atoms with van der Waals surface area (Å²) in [6.07, 6.45) is -0.167. The Labute approximate surface area is 107 Å². The molecule has 1 atom stereocenters. The van der Waals surface area contributed by atoms with Crippen LogP contribution in [0.25, 0.3) is 10.2 Å². The topological polar surface area (TPSA) is 79.3 Å². The van der Waals surface area contributed by atoms with Gasteiger partial charge in [0.15, 0.2) is 0 Å². The highest BCUT2D eigenvalue weighted by molar-refractivity contribution is 7.18. The number of carboxylic acids is 1. The van der Waals surface area contributed by atoms with Gasteiger partial charge in [-0.05, 0) is 12.1 Å². The number of benzene rings is 1. The average molecular weight is 264 g/mol. The van der Waals surface area contributed by atoms with Gasteiger partial charge in [0.25, 0.3) is 0 Å². The van der Waals surface area contributed by atoms with Gasteiger partial charge in [-0.15, -0.1) is 11.3 Å². The molecule has 5 nitrogen and oxygen atoms in total. The van der Waals surface area contributed by atoms with Crippen LogP contribution in [0, 0.1) is 0 Å². The van der Waals surface area contributed by atoms with Gasteiger partial charge in [0.2, 0.25) is 5.91 Å². The highest BCUT2D eigenvalue weighted by atomic mass is 32.1. The molecule has 0 aliphatic rings. The van der Waals surface area contributed by atoms with Crippen molar-refractivity contribution in [3.63, 3.8) is 0 Å². The molecule has 0 saturated heterocycles. The van der Waals surface area contributed by atoms with E-state index in [1.54, 1.807) is 0 Å². The van der Waals surface area contributed by atoms with Crippen molar-refractivity contribution < 1.29 is 14.7 Å². The molecule has 2 rings (SSSR count). The normalized spacial score (nSPS) is 12.3. The van der Waals surface area contributed by atoms with Crippen LogP contribution in [0.5, 0.6) is 0 Å². The van der Waals surface area contributed by atoms with Gasteiger partial charge in [-0.25, -0.2) is 4.98 Å². The molecule has 0 aliphatic carbocycles. The second-order valence-electron chi connectivity index (χ2n) is 3.87. The van der Waals surface area contributed by atoms with Crippen molar-refractivity contribution in [2.45, 2.75) is 19.4 Å². The van der Waals surface area contributed by atoms with Gasteiger partial charge in [0, 0.05) is 6.92 Å². The van der Waals surface area contributed by atoms with Gasteiger partial charge in [-0.3, -0.25) is 9.59 Å². The van der Waals surface area contributed by atoms with Crippen molar-refractivity contribution in [2.24, 2.45) is 0 Å². The van der Waals surface area contributed by atoms with Crippen molar-refractivity contribution >= 4 is 33.4 Å². The van der Waals surface area contributed by atoms with Gasteiger partial charge in [0.05, 0.1) is 22.7 Å². The van der Waals surface area contributed by atoms with E-state index < -0.39 is 12.0 Å². The molecule has 1 aromatic carbocycles. The van der Waals surface area contributed by atoms with E-state index in [4.69, 9.17) is 5.11 Å². The summed E-state index contributed by atoms with van der Waals surface area (Å²) in [6, 6.07) is 6.98. The van der Waals surface area contributed by atoms with Crippen LogP contribution < -0.4 is 5.32 Å². The van der Waals surface area contributed by atoms with Crippen LogP contribution in [0.4, 0.5) is 0 Å². The van der Waals surface area contributed by atoms with E-state index in [-0.39, 0.29) is 12.3 Å². The Morgan fingerprint density at radius 3 is 2.78 bits per heavy atom. The Kier molecular flexibility index (Phi) is 3.57. The first-order valence-corrected chi connectivity index (χ1v) is 6.22. The number of thiazole rings is 1. The number of carbonyl (C=O) groups excluding carboxylic acids is 1. The van der Waals surface area contributed by atoms with E-state index in [1.165, 1.54) is 18.3 Å². The fraction of sp³-hybridized carbons (Fsp3) is 0.250. The van der Waals surface area contributed by atoms with Gasteiger partial charge in [-0.1, -0.05) is 12.1 Å². The highest BCUT2D eigenvalue weighted by Gasteiger charge is 2.20. The fourth-order valence-electron chi connectivity index (χ4n) is 1.66. The molecule has 0 bridgehead atoms. The highest BCUT2D eigenvalue weighted by Crippen LogP contribution is 2.27. The van der Waals surface area contributed by atoms with Crippen molar-refractivity contribution in [1.29, 1.82) is 0 Å². The predicted octanol–water partition coefficient (Wildman–Crippen LogP) is 1.95. The van der Waals surface area contributed by atoms with Crippen molar-refractivity contribution in [3.05, 3.63) is 29.3 Å². The summed E-state index contributed by atoms with van der Waals surface area (Å²) in [5.41, 5.74) is 0.818. The number of carbonyl (C=O) groups is 2. The number of carboxylic acid groups (broad SMARTS) is 1. The smallest absolute Gasteiger partial charge is 0.305 e. The van der Waals surface area contributed by atoms with Crippen LogP contribution >= 0.6 is 11.3 Å². The van der Waals surface area contributed by atoms with E-state index >= 15 is 0 Å². The lowest BCUT2D eigenvalue weighted by molar-refractivity contribution is -0.137. The number of amides is 1. The van der Waals surface area contributed by atoms with Crippen molar-refractivity contribution in [3.8, 4) is 0 Å². The molecular weight excluding hydrogens is 252 g/mol. The second kappa shape index (κ2) is 5.14. The van der Waals surface area contributed by atoms with Crippen molar-refractivity contribution in [2.75, 3.05) is 0 Å². The van der Waals surface area contributed by atoms with Crippen molar-refractivity contribution in [1.82, 2.24) is 10.3 Å². The lowest BCUT2D eigenvalue weighted by Gasteiger charge is -2.12. The molecule has 18 heavy (non-hydrogen) atoms. The molecule has 0 saturated carbocycles. The summed E-state index contributed by atoms with van der Waals surface area (Å²) in [4.78, 5) is 26.3. The first-order valence-electron chi connectivity index (χ1n) is 5.40. The number of para-hydroxylation sites is 1. The molecule has 1 heterocycles. The largest absolute Gasteiger partial charge is 0.481 e. The summed E-state index contributed by atoms with van der Waals surface area (Å²) < 4.78 is 0.980. The quantitative estimate of drug-likeness (QED) is 0.884. The van der Waals surface area contributed by atoms with E-state index in [1.807, 2.05) is 24.3 Å². The maximum atomic E-state index is 11.1. The molecule has 6 heteroatoms. The number of nitrogens with zero attached hydrogens (tertiary/aromatic N) is 1. The zero-order valence-corrected chi connectivity index (χ0v) is 10.5. The Hall–Kier alpha value is -1.95. The van der Waals surface area contributed by atoms with E-state index in [9.17, 15) is 9.59 Å². The van der Waals surface area contributed by atoms with Crippen LogP contribution in [0.15, 0.2) is 24.3 Å². The molecule has 0 radical (unpaired) electrons. The Morgan fingerprint density at radius 2 is 2.17 bits per heavy atom. The Morgan fingerprint density at radius 1 is 1.44 bits per heavy atom. The van der Waals surface area contributed by atoms with Gasteiger partial charge in [-0.2, -0.15) is 0 Å². The third-order valence-corrected chi connectivity index (χ3v) is 3.51. The minimum atomic E-state index is -0.965. The van der Waals surface area contributed by atoms with E-state index in [2.05, 4.69) is 10.3 Å². The molecule has 0 aliphatic heterocycles. The molecule has 0 fully saturated rings. The van der Waals surface area contributed by atoms with E-state index in [0.717, 1.165) is 10.2 Å². The number of rotatable bonds is 4. The maximum absolute atomic E-state index is 11.1. The molecular formula is C12H12N2O3S. The van der Waals surface area contributed by atoms with Gasteiger partial charge >= 0.3 is 5.97 Å². The predicted molar refractivity (Wildman–Crippen MR) is 68.4 cm³/mol. The van der Waals surface area contributed by atoms with Crippen LogP contribution in [-0.2, 0) is 9.59 Å². The van der Waals surface area contributed by atoms with Crippen LogP contribution in [0.3, 0.4) is 0 Å². The number of hydrogen-bond donors (Lipinski definition) is 2. The molecule has 0 unspecified atom stereocenters. The van der Waals surface area contributed by atoms with Crippen LogP contribution in [-0.4, -0.2) is 22.0 Å². The minimum Gasteiger partial charge on any atom is -0.481 e. The number of aromatic nitrogens is 1. The standard InChI is InChI=1S/C12H12N2O3S/c1-7(15)13-9(6-11(16)17)12-14-8-4-2-3-5-10(8)18-12/h2-5,9H,6H2,1H3,(H,13,15)(H,16,17)/t9-/m1/s1. The lowest BCUT2D eigenvalue weighted by Crippen LogP contribution is -2.27. The summed E-state index contributed by atoms with van der Waals surface area (Å²) in [5.74, 6) is -1.23. The molecule has 2 aromatic rings. The summed E-state index contributed by atoms with van der Waals surface area (Å²) in [6.45, 7) is 1.36. The monoisotopic (exact) mass is 264 g/mol. The van der Waals surface area contributed by atoms with Gasteiger partial charge < -0.3 is 10.4 Å². The maximum Gasteiger partial charge on any atom is 0.305 e. The number of nitrogens with one attached hydrogen (secondary N) is 1. The van der Waals surface area contributed by atoms with E-state index in [0.29, 0.717) is 5.01 Å². The molecule has 2 N–H and O–H groups in total. The third-order valence-electron chi connectivity index (χ3n) is 2.36. The average Bonchev–Trinajstić information content (AvgIpc) is 2.70. The first kappa shape index (κ1) is 12.5. The molecule has 1 amide bonds. The summed E-state index contributed by atoms with van der Waals surface area (Å²) in [5, 5.41) is 12.1.